The summed E-state index contributed by atoms with van der Waals surface area (Å²) in [6, 6.07) is 8.55. The van der Waals surface area contributed by atoms with Crippen LogP contribution in [0.3, 0.4) is 0 Å². The molecule has 1 aromatic carbocycles. The maximum absolute atomic E-state index is 12.8. The largest absolute Gasteiger partial charge is 0.325 e. The lowest BCUT2D eigenvalue weighted by atomic mass is 10.1. The van der Waals surface area contributed by atoms with Gasteiger partial charge in [-0.15, -0.1) is 0 Å². The Morgan fingerprint density at radius 1 is 1.14 bits per heavy atom. The van der Waals surface area contributed by atoms with Gasteiger partial charge in [-0.1, -0.05) is 18.2 Å². The van der Waals surface area contributed by atoms with Crippen LogP contribution in [0.1, 0.15) is 41.0 Å². The first-order valence-corrected chi connectivity index (χ1v) is 10.9. The maximum atomic E-state index is 12.8. The van der Waals surface area contributed by atoms with E-state index in [-0.39, 0.29) is 29.0 Å². The zero-order valence-electron chi connectivity index (χ0n) is 15.4. The number of nitrogens with zero attached hydrogens (tertiary/aromatic N) is 3. The van der Waals surface area contributed by atoms with Gasteiger partial charge in [0, 0.05) is 12.4 Å². The Hall–Kier alpha value is -2.93. The molecule has 2 N–H and O–H groups in total. The number of pyridine rings is 1. The molecule has 0 fully saturated rings. The molecule has 9 heteroatoms. The van der Waals surface area contributed by atoms with Crippen molar-refractivity contribution in [3.63, 3.8) is 0 Å². The smallest absolute Gasteiger partial charge is 0.324 e. The minimum atomic E-state index is -3.94. The molecule has 2 aromatic heterocycles. The van der Waals surface area contributed by atoms with Crippen molar-refractivity contribution in [2.75, 3.05) is 6.16 Å². The molecule has 1 aliphatic rings. The number of carbonyl (C=O) groups is 1. The molecule has 0 aliphatic carbocycles. The summed E-state index contributed by atoms with van der Waals surface area (Å²) in [6.45, 7) is 0. The van der Waals surface area contributed by atoms with Gasteiger partial charge in [0.05, 0.1) is 16.6 Å². The molecule has 4 rings (SSSR count). The second-order valence-electron chi connectivity index (χ2n) is 6.84. The standard InChI is InChI=1S/C20H18N3O5P/c24-17-15-12-13(6-3-1-2-4-11-29(26,27)28)8-9-16(15)23-19(17)22-18-14(20(23)25)7-5-10-21-18/h3,5-10,12H,1-2,4,11H2,(H2,26,27,28)/b6-3+. The molecule has 3 aromatic rings. The van der Waals surface area contributed by atoms with Crippen molar-refractivity contribution in [2.45, 2.75) is 19.3 Å². The third-order valence-electron chi connectivity index (χ3n) is 4.73. The van der Waals surface area contributed by atoms with E-state index in [1.807, 2.05) is 18.2 Å². The van der Waals surface area contributed by atoms with Crippen molar-refractivity contribution in [1.29, 1.82) is 0 Å². The van der Waals surface area contributed by atoms with Crippen molar-refractivity contribution in [1.82, 2.24) is 14.5 Å². The molecule has 0 saturated carbocycles. The van der Waals surface area contributed by atoms with E-state index in [2.05, 4.69) is 9.97 Å². The highest BCUT2D eigenvalue weighted by molar-refractivity contribution is 7.51. The van der Waals surface area contributed by atoms with Crippen LogP contribution in [0.15, 0.2) is 47.4 Å². The van der Waals surface area contributed by atoms with Gasteiger partial charge < -0.3 is 9.79 Å². The summed E-state index contributed by atoms with van der Waals surface area (Å²) in [5.41, 5.74) is 1.65. The number of aromatic nitrogens is 3. The molecule has 0 unspecified atom stereocenters. The first-order valence-electron chi connectivity index (χ1n) is 9.13. The molecule has 3 heterocycles. The van der Waals surface area contributed by atoms with Crippen LogP contribution in [-0.4, -0.2) is 36.3 Å². The number of unbranched alkanes of at least 4 members (excludes halogenated alkanes) is 2. The average Bonchev–Trinajstić information content (AvgIpc) is 2.96. The van der Waals surface area contributed by atoms with Crippen LogP contribution in [0.25, 0.3) is 22.8 Å². The lowest BCUT2D eigenvalue weighted by Gasteiger charge is -2.05. The molecule has 8 nitrogen and oxygen atoms in total. The summed E-state index contributed by atoms with van der Waals surface area (Å²) in [7, 11) is -3.94. The van der Waals surface area contributed by atoms with E-state index in [0.29, 0.717) is 35.9 Å². The van der Waals surface area contributed by atoms with Gasteiger partial charge in [0.15, 0.2) is 11.5 Å². The number of fused-ring (bicyclic) bond motifs is 4. The van der Waals surface area contributed by atoms with E-state index >= 15 is 0 Å². The Morgan fingerprint density at radius 2 is 1.97 bits per heavy atom. The second kappa shape index (κ2) is 7.48. The number of rotatable bonds is 6. The van der Waals surface area contributed by atoms with Crippen LogP contribution in [0.4, 0.5) is 0 Å². The third kappa shape index (κ3) is 3.82. The van der Waals surface area contributed by atoms with Crippen molar-refractivity contribution >= 4 is 30.5 Å². The normalized spacial score (nSPS) is 13.2. The highest BCUT2D eigenvalue weighted by atomic mass is 31.2. The van der Waals surface area contributed by atoms with E-state index in [1.54, 1.807) is 24.3 Å². The summed E-state index contributed by atoms with van der Waals surface area (Å²) in [5.74, 6) is -0.253. The average molecular weight is 411 g/mol. The first-order chi connectivity index (χ1) is 13.8. The topological polar surface area (TPSA) is 122 Å². The zero-order chi connectivity index (χ0) is 20.6. The molecule has 0 spiro atoms. The van der Waals surface area contributed by atoms with Crippen LogP contribution >= 0.6 is 7.60 Å². The number of benzene rings is 1. The molecular formula is C20H18N3O5P. The molecule has 0 bridgehead atoms. The lowest BCUT2D eigenvalue weighted by molar-refractivity contribution is 0.103. The first kappa shape index (κ1) is 19.4. The Kier molecular flexibility index (Phi) is 5.00. The second-order valence-corrected chi connectivity index (χ2v) is 8.62. The molecular weight excluding hydrogens is 393 g/mol. The number of ketones is 1. The fraction of sp³-hybridized carbons (Fsp3) is 0.200. The van der Waals surface area contributed by atoms with Gasteiger partial charge in [0.2, 0.25) is 5.78 Å². The predicted molar refractivity (Wildman–Crippen MR) is 108 cm³/mol. The van der Waals surface area contributed by atoms with Crippen molar-refractivity contribution in [3.8, 4) is 5.69 Å². The molecule has 0 amide bonds. The molecule has 148 valence electrons. The highest BCUT2D eigenvalue weighted by Crippen LogP contribution is 2.35. The van der Waals surface area contributed by atoms with E-state index in [9.17, 15) is 14.2 Å². The summed E-state index contributed by atoms with van der Waals surface area (Å²) in [6.07, 6.45) is 6.94. The van der Waals surface area contributed by atoms with Crippen LogP contribution in [-0.2, 0) is 4.57 Å². The quantitative estimate of drug-likeness (QED) is 0.369. The Balaban J connectivity index is 1.57. The molecule has 0 radical (unpaired) electrons. The van der Waals surface area contributed by atoms with Crippen LogP contribution < -0.4 is 5.56 Å². The Labute approximate surface area is 165 Å². The van der Waals surface area contributed by atoms with Gasteiger partial charge in [-0.25, -0.2) is 9.97 Å². The molecule has 0 saturated heterocycles. The predicted octanol–water partition coefficient (Wildman–Crippen LogP) is 2.69. The monoisotopic (exact) mass is 411 g/mol. The van der Waals surface area contributed by atoms with Crippen LogP contribution in [0.2, 0.25) is 0 Å². The van der Waals surface area contributed by atoms with Gasteiger partial charge in [0.1, 0.15) is 0 Å². The summed E-state index contributed by atoms with van der Waals surface area (Å²) < 4.78 is 12.2. The van der Waals surface area contributed by atoms with E-state index in [4.69, 9.17) is 9.79 Å². The summed E-state index contributed by atoms with van der Waals surface area (Å²) in [4.78, 5) is 51.7. The van der Waals surface area contributed by atoms with Gasteiger partial charge in [-0.2, -0.15) is 0 Å². The molecule has 1 aliphatic heterocycles. The van der Waals surface area contributed by atoms with Crippen molar-refractivity contribution in [2.24, 2.45) is 0 Å². The minimum Gasteiger partial charge on any atom is -0.324 e. The number of allylic oxidation sites excluding steroid dienone is 1. The van der Waals surface area contributed by atoms with Gasteiger partial charge in [-0.05, 0) is 49.1 Å². The Morgan fingerprint density at radius 3 is 2.76 bits per heavy atom. The van der Waals surface area contributed by atoms with Crippen LogP contribution in [0, 0.1) is 0 Å². The van der Waals surface area contributed by atoms with Gasteiger partial charge >= 0.3 is 7.60 Å². The SMILES string of the molecule is O=C1c2cc(/C=C/CCCCP(=O)(O)O)ccc2-n2c1nc1ncccc1c2=O. The van der Waals surface area contributed by atoms with Gasteiger partial charge in [0.25, 0.3) is 5.56 Å². The lowest BCUT2D eigenvalue weighted by Crippen LogP contribution is -2.21. The Bertz CT molecular complexity index is 1260. The van der Waals surface area contributed by atoms with E-state index in [1.165, 1.54) is 10.8 Å². The zero-order valence-corrected chi connectivity index (χ0v) is 16.2. The minimum absolute atomic E-state index is 0.0646. The van der Waals surface area contributed by atoms with Crippen molar-refractivity contribution < 1.29 is 19.1 Å². The van der Waals surface area contributed by atoms with Crippen LogP contribution in [0.5, 0.6) is 0 Å². The fourth-order valence-electron chi connectivity index (χ4n) is 3.35. The van der Waals surface area contributed by atoms with E-state index in [0.717, 1.165) is 5.56 Å². The summed E-state index contributed by atoms with van der Waals surface area (Å²) in [5, 5.41) is 0.358. The molecule has 0 atom stereocenters. The fourth-order valence-corrected chi connectivity index (χ4v) is 3.99. The van der Waals surface area contributed by atoms with Crippen molar-refractivity contribution in [3.05, 3.63) is 69.9 Å². The number of hydrogen-bond donors (Lipinski definition) is 2. The molecule has 29 heavy (non-hydrogen) atoms. The van der Waals surface area contributed by atoms with Gasteiger partial charge in [-0.3, -0.25) is 18.7 Å². The number of carbonyl (C=O) groups excluding carboxylic acids is 1. The van der Waals surface area contributed by atoms with E-state index < -0.39 is 7.60 Å². The third-order valence-corrected chi connectivity index (χ3v) is 5.63. The number of hydrogen-bond acceptors (Lipinski definition) is 5. The highest BCUT2D eigenvalue weighted by Gasteiger charge is 2.30. The maximum Gasteiger partial charge on any atom is 0.325 e. The summed E-state index contributed by atoms with van der Waals surface area (Å²) >= 11 is 0.